The SMILES string of the molecule is CC1(C(=O)O)CCCN1C(=O)C1=Cc2cc(Cl)ccc2OC1. The van der Waals surface area contributed by atoms with E-state index >= 15 is 0 Å². The van der Waals surface area contributed by atoms with E-state index in [0.717, 1.165) is 5.56 Å². The van der Waals surface area contributed by atoms with Crippen molar-refractivity contribution in [3.63, 3.8) is 0 Å². The fourth-order valence-corrected chi connectivity index (χ4v) is 3.14. The van der Waals surface area contributed by atoms with Gasteiger partial charge < -0.3 is 14.7 Å². The highest BCUT2D eigenvalue weighted by Crippen LogP contribution is 2.34. The van der Waals surface area contributed by atoms with Crippen LogP contribution in [0.2, 0.25) is 5.02 Å². The minimum absolute atomic E-state index is 0.139. The maximum absolute atomic E-state index is 12.7. The van der Waals surface area contributed by atoms with Crippen LogP contribution in [0, 0.1) is 0 Å². The monoisotopic (exact) mass is 321 g/mol. The molecule has 2 aliphatic rings. The van der Waals surface area contributed by atoms with Crippen molar-refractivity contribution in [3.8, 4) is 5.75 Å². The first-order valence-electron chi connectivity index (χ1n) is 7.10. The summed E-state index contributed by atoms with van der Waals surface area (Å²) in [4.78, 5) is 25.6. The first kappa shape index (κ1) is 14.9. The predicted octanol–water partition coefficient (Wildman–Crippen LogP) is 2.58. The second kappa shape index (κ2) is 5.32. The van der Waals surface area contributed by atoms with E-state index in [1.807, 2.05) is 0 Å². The summed E-state index contributed by atoms with van der Waals surface area (Å²) in [5, 5.41) is 9.98. The van der Waals surface area contributed by atoms with Gasteiger partial charge in [0.2, 0.25) is 0 Å². The summed E-state index contributed by atoms with van der Waals surface area (Å²) in [7, 11) is 0. The molecular formula is C16H16ClNO4. The maximum Gasteiger partial charge on any atom is 0.329 e. The van der Waals surface area contributed by atoms with E-state index in [4.69, 9.17) is 16.3 Å². The summed E-state index contributed by atoms with van der Waals surface area (Å²) in [5.41, 5.74) is 0.0365. The van der Waals surface area contributed by atoms with Crippen LogP contribution in [0.1, 0.15) is 25.3 Å². The molecule has 0 spiro atoms. The highest BCUT2D eigenvalue weighted by atomic mass is 35.5. The van der Waals surface area contributed by atoms with E-state index in [1.54, 1.807) is 31.2 Å². The van der Waals surface area contributed by atoms with Gasteiger partial charge in [-0.3, -0.25) is 4.79 Å². The first-order chi connectivity index (χ1) is 10.4. The molecule has 5 nitrogen and oxygen atoms in total. The number of carbonyl (C=O) groups is 2. The summed E-state index contributed by atoms with van der Waals surface area (Å²) in [6.07, 6.45) is 2.88. The van der Waals surface area contributed by atoms with Gasteiger partial charge >= 0.3 is 5.97 Å². The zero-order valence-electron chi connectivity index (χ0n) is 12.1. The molecule has 1 saturated heterocycles. The average molecular weight is 322 g/mol. The third-order valence-corrected chi connectivity index (χ3v) is 4.54. The molecule has 0 aromatic heterocycles. The third kappa shape index (κ3) is 2.35. The number of carboxylic acids is 1. The van der Waals surface area contributed by atoms with Crippen molar-refractivity contribution in [2.75, 3.05) is 13.2 Å². The van der Waals surface area contributed by atoms with Crippen molar-refractivity contribution in [3.05, 3.63) is 34.4 Å². The Kier molecular flexibility index (Phi) is 3.60. The lowest BCUT2D eigenvalue weighted by Crippen LogP contribution is -2.51. The number of nitrogens with zero attached hydrogens (tertiary/aromatic N) is 1. The van der Waals surface area contributed by atoms with Crippen molar-refractivity contribution >= 4 is 29.6 Å². The van der Waals surface area contributed by atoms with E-state index in [1.165, 1.54) is 4.90 Å². The largest absolute Gasteiger partial charge is 0.488 e. The van der Waals surface area contributed by atoms with Crippen LogP contribution in [0.25, 0.3) is 6.08 Å². The Morgan fingerprint density at radius 2 is 2.18 bits per heavy atom. The summed E-state index contributed by atoms with van der Waals surface area (Å²) >= 11 is 5.96. The van der Waals surface area contributed by atoms with Crippen LogP contribution in [-0.2, 0) is 9.59 Å². The molecule has 1 fully saturated rings. The second-order valence-corrected chi connectivity index (χ2v) is 6.22. The molecule has 1 unspecified atom stereocenters. The average Bonchev–Trinajstić information content (AvgIpc) is 2.89. The molecule has 0 bridgehead atoms. The lowest BCUT2D eigenvalue weighted by Gasteiger charge is -2.32. The van der Waals surface area contributed by atoms with Crippen LogP contribution in [0.5, 0.6) is 5.75 Å². The zero-order valence-corrected chi connectivity index (χ0v) is 12.9. The number of carboxylic acid groups (broad SMARTS) is 1. The minimum Gasteiger partial charge on any atom is -0.488 e. The number of carbonyl (C=O) groups excluding carboxylic acids is 1. The standard InChI is InChI=1S/C16H16ClNO4/c1-16(15(20)21)5-2-6-18(16)14(19)11-7-10-8-12(17)3-4-13(10)22-9-11/h3-4,7-8H,2,5-6,9H2,1H3,(H,20,21). The summed E-state index contributed by atoms with van der Waals surface area (Å²) in [5.74, 6) is -0.587. The van der Waals surface area contributed by atoms with Crippen molar-refractivity contribution in [2.45, 2.75) is 25.3 Å². The molecule has 116 valence electrons. The van der Waals surface area contributed by atoms with Crippen LogP contribution >= 0.6 is 11.6 Å². The smallest absolute Gasteiger partial charge is 0.329 e. The van der Waals surface area contributed by atoms with Gasteiger partial charge in [-0.25, -0.2) is 4.79 Å². The van der Waals surface area contributed by atoms with Crippen LogP contribution in [0.4, 0.5) is 0 Å². The van der Waals surface area contributed by atoms with E-state index in [2.05, 4.69) is 0 Å². The Morgan fingerprint density at radius 1 is 1.41 bits per heavy atom. The van der Waals surface area contributed by atoms with E-state index in [0.29, 0.717) is 35.7 Å². The molecule has 1 amide bonds. The Labute approximate surface area is 133 Å². The quantitative estimate of drug-likeness (QED) is 0.909. The molecule has 0 aliphatic carbocycles. The van der Waals surface area contributed by atoms with Crippen LogP contribution in [0.3, 0.4) is 0 Å². The lowest BCUT2D eigenvalue weighted by molar-refractivity contribution is -0.154. The molecule has 22 heavy (non-hydrogen) atoms. The normalized spacial score (nSPS) is 23.5. The predicted molar refractivity (Wildman–Crippen MR) is 81.9 cm³/mol. The second-order valence-electron chi connectivity index (χ2n) is 5.78. The maximum atomic E-state index is 12.7. The van der Waals surface area contributed by atoms with Crippen molar-refractivity contribution in [1.29, 1.82) is 0 Å². The van der Waals surface area contributed by atoms with Gasteiger partial charge in [-0.15, -0.1) is 0 Å². The highest BCUT2D eigenvalue weighted by Gasteiger charge is 2.46. The molecule has 1 N–H and O–H groups in total. The number of ether oxygens (including phenoxy) is 1. The van der Waals surface area contributed by atoms with Gasteiger partial charge in [0.25, 0.3) is 5.91 Å². The molecule has 2 heterocycles. The number of rotatable bonds is 2. The lowest BCUT2D eigenvalue weighted by atomic mass is 9.98. The van der Waals surface area contributed by atoms with Gasteiger partial charge in [0.15, 0.2) is 0 Å². The number of aliphatic carboxylic acids is 1. The van der Waals surface area contributed by atoms with Crippen LogP contribution in [-0.4, -0.2) is 40.6 Å². The van der Waals surface area contributed by atoms with Crippen molar-refractivity contribution in [2.24, 2.45) is 0 Å². The molecule has 1 aromatic carbocycles. The molecule has 6 heteroatoms. The Balaban J connectivity index is 1.92. The highest BCUT2D eigenvalue weighted by molar-refractivity contribution is 6.30. The molecule has 2 aliphatic heterocycles. The van der Waals surface area contributed by atoms with E-state index < -0.39 is 11.5 Å². The Hall–Kier alpha value is -2.01. The van der Waals surface area contributed by atoms with Gasteiger partial charge in [-0.1, -0.05) is 11.6 Å². The van der Waals surface area contributed by atoms with Gasteiger partial charge in [0, 0.05) is 17.1 Å². The summed E-state index contributed by atoms with van der Waals surface area (Å²) in [6, 6.07) is 5.21. The number of hydrogen-bond donors (Lipinski definition) is 1. The molecule has 1 aromatic rings. The van der Waals surface area contributed by atoms with Gasteiger partial charge in [-0.2, -0.15) is 0 Å². The third-order valence-electron chi connectivity index (χ3n) is 4.31. The number of hydrogen-bond acceptors (Lipinski definition) is 3. The fourth-order valence-electron chi connectivity index (χ4n) is 2.96. The number of benzene rings is 1. The minimum atomic E-state index is -1.15. The number of fused-ring (bicyclic) bond motifs is 1. The summed E-state index contributed by atoms with van der Waals surface area (Å²) in [6.45, 7) is 2.18. The van der Waals surface area contributed by atoms with Gasteiger partial charge in [0.05, 0.1) is 5.57 Å². The zero-order chi connectivity index (χ0) is 15.9. The van der Waals surface area contributed by atoms with E-state index in [-0.39, 0.29) is 12.5 Å². The number of halogens is 1. The first-order valence-corrected chi connectivity index (χ1v) is 7.48. The van der Waals surface area contributed by atoms with Gasteiger partial charge in [0.1, 0.15) is 17.9 Å². The van der Waals surface area contributed by atoms with E-state index in [9.17, 15) is 14.7 Å². The number of likely N-dealkylation sites (tertiary alicyclic amines) is 1. The number of amides is 1. The van der Waals surface area contributed by atoms with Crippen molar-refractivity contribution in [1.82, 2.24) is 4.90 Å². The van der Waals surface area contributed by atoms with Crippen LogP contribution in [0.15, 0.2) is 23.8 Å². The van der Waals surface area contributed by atoms with Gasteiger partial charge in [-0.05, 0) is 44.0 Å². The molecule has 1 atom stereocenters. The molecule has 0 radical (unpaired) electrons. The Bertz CT molecular complexity index is 685. The molecule has 3 rings (SSSR count). The van der Waals surface area contributed by atoms with Crippen molar-refractivity contribution < 1.29 is 19.4 Å². The van der Waals surface area contributed by atoms with Crippen LogP contribution < -0.4 is 4.74 Å². The topological polar surface area (TPSA) is 66.8 Å². The summed E-state index contributed by atoms with van der Waals surface area (Å²) < 4.78 is 5.58. The molecular weight excluding hydrogens is 306 g/mol. The molecule has 0 saturated carbocycles. The Morgan fingerprint density at radius 3 is 2.91 bits per heavy atom. The fraction of sp³-hybridized carbons (Fsp3) is 0.375.